The monoisotopic (exact) mass is 166 g/mol. The standard InChI is InChI=1S/C9H14N2O/c1-6(10)9-3-2-8(11)4-7(9)5-12/h2-4,6,12H,5,10-11H2,1H3/t6-/m0/s1. The molecule has 0 aromatic heterocycles. The molecule has 0 fully saturated rings. The Bertz CT molecular complexity index is 271. The molecule has 3 nitrogen and oxygen atoms in total. The molecule has 1 aromatic carbocycles. The fraction of sp³-hybridized carbons (Fsp3) is 0.333. The predicted octanol–water partition coefficient (Wildman–Crippen LogP) is 0.781. The third kappa shape index (κ3) is 1.75. The Morgan fingerprint density at radius 3 is 2.67 bits per heavy atom. The molecule has 0 unspecified atom stereocenters. The van der Waals surface area contributed by atoms with Gasteiger partial charge in [0, 0.05) is 11.7 Å². The van der Waals surface area contributed by atoms with Gasteiger partial charge in [0.1, 0.15) is 0 Å². The summed E-state index contributed by atoms with van der Waals surface area (Å²) >= 11 is 0. The Hall–Kier alpha value is -1.06. The van der Waals surface area contributed by atoms with Crippen molar-refractivity contribution in [1.82, 2.24) is 0 Å². The molecule has 0 aliphatic carbocycles. The van der Waals surface area contributed by atoms with Gasteiger partial charge in [-0.1, -0.05) is 6.07 Å². The molecule has 5 N–H and O–H groups in total. The Kier molecular flexibility index (Phi) is 2.68. The molecule has 1 aromatic rings. The Labute approximate surface area is 72.0 Å². The summed E-state index contributed by atoms with van der Waals surface area (Å²) in [6.07, 6.45) is 0. The van der Waals surface area contributed by atoms with Gasteiger partial charge < -0.3 is 16.6 Å². The van der Waals surface area contributed by atoms with Gasteiger partial charge in [0.05, 0.1) is 6.61 Å². The average Bonchev–Trinajstić information content (AvgIpc) is 2.03. The third-order valence-electron chi connectivity index (χ3n) is 1.83. The number of nitrogen functional groups attached to an aromatic ring is 1. The van der Waals surface area contributed by atoms with Crippen molar-refractivity contribution in [2.24, 2.45) is 5.73 Å². The number of nitrogens with two attached hydrogens (primary N) is 2. The molecule has 0 amide bonds. The van der Waals surface area contributed by atoms with Crippen molar-refractivity contribution >= 4 is 5.69 Å². The summed E-state index contributed by atoms with van der Waals surface area (Å²) in [5, 5.41) is 8.98. The Balaban J connectivity index is 3.11. The molecule has 0 aliphatic rings. The van der Waals surface area contributed by atoms with Crippen LogP contribution in [0.1, 0.15) is 24.1 Å². The van der Waals surface area contributed by atoms with Crippen LogP contribution in [0, 0.1) is 0 Å². The SMILES string of the molecule is C[C@H](N)c1ccc(N)cc1CO. The molecule has 0 heterocycles. The van der Waals surface area contributed by atoms with Gasteiger partial charge in [-0.2, -0.15) is 0 Å². The lowest BCUT2D eigenvalue weighted by molar-refractivity contribution is 0.280. The molecule has 66 valence electrons. The van der Waals surface area contributed by atoms with E-state index in [-0.39, 0.29) is 12.6 Å². The van der Waals surface area contributed by atoms with Crippen LogP contribution in [-0.2, 0) is 6.61 Å². The van der Waals surface area contributed by atoms with Crippen molar-refractivity contribution in [3.05, 3.63) is 29.3 Å². The summed E-state index contributed by atoms with van der Waals surface area (Å²) in [5.74, 6) is 0. The molecule has 0 saturated carbocycles. The second-order valence-corrected chi connectivity index (χ2v) is 2.91. The molecule has 3 heteroatoms. The minimum Gasteiger partial charge on any atom is -0.399 e. The molecule has 0 radical (unpaired) electrons. The van der Waals surface area contributed by atoms with Gasteiger partial charge in [0.25, 0.3) is 0 Å². The van der Waals surface area contributed by atoms with Crippen LogP contribution in [0.5, 0.6) is 0 Å². The molecule has 12 heavy (non-hydrogen) atoms. The van der Waals surface area contributed by atoms with Gasteiger partial charge >= 0.3 is 0 Å². The number of benzene rings is 1. The predicted molar refractivity (Wildman–Crippen MR) is 49.4 cm³/mol. The van der Waals surface area contributed by atoms with Crippen LogP contribution >= 0.6 is 0 Å². The number of anilines is 1. The molecule has 0 spiro atoms. The molecular formula is C9H14N2O. The number of aliphatic hydroxyl groups excluding tert-OH is 1. The first-order chi connectivity index (χ1) is 5.65. The first kappa shape index (κ1) is 9.03. The zero-order chi connectivity index (χ0) is 9.14. The summed E-state index contributed by atoms with van der Waals surface area (Å²) in [7, 11) is 0. The normalized spacial score (nSPS) is 12.9. The van der Waals surface area contributed by atoms with E-state index in [1.165, 1.54) is 0 Å². The Morgan fingerprint density at radius 2 is 2.17 bits per heavy atom. The van der Waals surface area contributed by atoms with E-state index in [4.69, 9.17) is 16.6 Å². The fourth-order valence-electron chi connectivity index (χ4n) is 1.21. The number of hydrogen-bond acceptors (Lipinski definition) is 3. The van der Waals surface area contributed by atoms with Gasteiger partial charge in [0.2, 0.25) is 0 Å². The van der Waals surface area contributed by atoms with Crippen LogP contribution in [0.15, 0.2) is 18.2 Å². The number of hydrogen-bond donors (Lipinski definition) is 3. The maximum Gasteiger partial charge on any atom is 0.0685 e. The van der Waals surface area contributed by atoms with E-state index >= 15 is 0 Å². The topological polar surface area (TPSA) is 72.3 Å². The van der Waals surface area contributed by atoms with Crippen molar-refractivity contribution in [3.8, 4) is 0 Å². The molecule has 0 bridgehead atoms. The number of rotatable bonds is 2. The maximum absolute atomic E-state index is 8.98. The van der Waals surface area contributed by atoms with Crippen LogP contribution in [0.3, 0.4) is 0 Å². The van der Waals surface area contributed by atoms with Crippen LogP contribution < -0.4 is 11.5 Å². The van der Waals surface area contributed by atoms with Gasteiger partial charge in [-0.05, 0) is 30.2 Å². The quantitative estimate of drug-likeness (QED) is 0.568. The van der Waals surface area contributed by atoms with Crippen molar-refractivity contribution in [2.45, 2.75) is 19.6 Å². The van der Waals surface area contributed by atoms with Gasteiger partial charge in [0.15, 0.2) is 0 Å². The molecule has 1 atom stereocenters. The minimum atomic E-state index is -0.0623. The highest BCUT2D eigenvalue weighted by atomic mass is 16.3. The van der Waals surface area contributed by atoms with E-state index in [1.807, 2.05) is 13.0 Å². The largest absolute Gasteiger partial charge is 0.399 e. The van der Waals surface area contributed by atoms with Crippen molar-refractivity contribution in [2.75, 3.05) is 5.73 Å². The number of aliphatic hydroxyl groups is 1. The highest BCUT2D eigenvalue weighted by Gasteiger charge is 2.05. The fourth-order valence-corrected chi connectivity index (χ4v) is 1.21. The third-order valence-corrected chi connectivity index (χ3v) is 1.83. The summed E-state index contributed by atoms with van der Waals surface area (Å²) in [5.41, 5.74) is 13.7. The first-order valence-corrected chi connectivity index (χ1v) is 3.90. The van der Waals surface area contributed by atoms with Crippen LogP contribution in [0.25, 0.3) is 0 Å². The second-order valence-electron chi connectivity index (χ2n) is 2.91. The van der Waals surface area contributed by atoms with E-state index < -0.39 is 0 Å². The lowest BCUT2D eigenvalue weighted by Gasteiger charge is -2.11. The van der Waals surface area contributed by atoms with E-state index in [1.54, 1.807) is 12.1 Å². The summed E-state index contributed by atoms with van der Waals surface area (Å²) in [6.45, 7) is 1.87. The summed E-state index contributed by atoms with van der Waals surface area (Å²) < 4.78 is 0. The van der Waals surface area contributed by atoms with Gasteiger partial charge in [-0.3, -0.25) is 0 Å². The zero-order valence-corrected chi connectivity index (χ0v) is 7.12. The van der Waals surface area contributed by atoms with Gasteiger partial charge in [-0.25, -0.2) is 0 Å². The molecule has 0 aliphatic heterocycles. The van der Waals surface area contributed by atoms with E-state index in [0.717, 1.165) is 11.1 Å². The van der Waals surface area contributed by atoms with Gasteiger partial charge in [-0.15, -0.1) is 0 Å². The molecule has 0 saturated heterocycles. The molecule has 1 rings (SSSR count). The van der Waals surface area contributed by atoms with Crippen molar-refractivity contribution in [3.63, 3.8) is 0 Å². The van der Waals surface area contributed by atoms with E-state index in [2.05, 4.69) is 0 Å². The lowest BCUT2D eigenvalue weighted by atomic mass is 10.0. The highest BCUT2D eigenvalue weighted by Crippen LogP contribution is 2.18. The zero-order valence-electron chi connectivity index (χ0n) is 7.12. The van der Waals surface area contributed by atoms with Crippen LogP contribution in [0.4, 0.5) is 5.69 Å². The Morgan fingerprint density at radius 1 is 1.50 bits per heavy atom. The minimum absolute atomic E-state index is 0.0120. The van der Waals surface area contributed by atoms with Crippen LogP contribution in [0.2, 0.25) is 0 Å². The smallest absolute Gasteiger partial charge is 0.0685 e. The second kappa shape index (κ2) is 3.56. The highest BCUT2D eigenvalue weighted by molar-refractivity contribution is 5.45. The maximum atomic E-state index is 8.98. The van der Waals surface area contributed by atoms with E-state index in [9.17, 15) is 0 Å². The summed E-state index contributed by atoms with van der Waals surface area (Å²) in [4.78, 5) is 0. The van der Waals surface area contributed by atoms with E-state index in [0.29, 0.717) is 5.69 Å². The first-order valence-electron chi connectivity index (χ1n) is 3.90. The lowest BCUT2D eigenvalue weighted by Crippen LogP contribution is -2.08. The van der Waals surface area contributed by atoms with Crippen molar-refractivity contribution < 1.29 is 5.11 Å². The molecular weight excluding hydrogens is 152 g/mol. The average molecular weight is 166 g/mol. The summed E-state index contributed by atoms with van der Waals surface area (Å²) in [6, 6.07) is 5.33. The van der Waals surface area contributed by atoms with Crippen molar-refractivity contribution in [1.29, 1.82) is 0 Å². The van der Waals surface area contributed by atoms with Crippen LogP contribution in [-0.4, -0.2) is 5.11 Å².